The van der Waals surface area contributed by atoms with Gasteiger partial charge in [-0.05, 0) is 37.4 Å². The van der Waals surface area contributed by atoms with Gasteiger partial charge in [-0.3, -0.25) is 9.88 Å². The van der Waals surface area contributed by atoms with Crippen molar-refractivity contribution in [2.75, 3.05) is 18.4 Å². The number of benzene rings is 2. The van der Waals surface area contributed by atoms with E-state index >= 15 is 0 Å². The molecule has 0 spiro atoms. The van der Waals surface area contributed by atoms with Gasteiger partial charge in [-0.1, -0.05) is 55.8 Å². The van der Waals surface area contributed by atoms with Crippen molar-refractivity contribution in [2.45, 2.75) is 26.9 Å². The molecule has 0 radical (unpaired) electrons. The molecule has 0 saturated heterocycles. The van der Waals surface area contributed by atoms with E-state index in [9.17, 15) is 0 Å². The lowest BCUT2D eigenvalue weighted by Crippen LogP contribution is -2.22. The van der Waals surface area contributed by atoms with Crippen molar-refractivity contribution in [3.63, 3.8) is 0 Å². The van der Waals surface area contributed by atoms with Gasteiger partial charge in [0.25, 0.3) is 0 Å². The summed E-state index contributed by atoms with van der Waals surface area (Å²) in [4.78, 5) is 15.3. The smallest absolute Gasteiger partial charge is 0.126 e. The Bertz CT molecular complexity index is 1120. The number of nitrogens with zero attached hydrogens (tertiary/aromatic N) is 3. The van der Waals surface area contributed by atoms with Crippen LogP contribution in [0.2, 0.25) is 5.02 Å². The highest BCUT2D eigenvalue weighted by atomic mass is 35.5. The van der Waals surface area contributed by atoms with Gasteiger partial charge < -0.3 is 10.3 Å². The van der Waals surface area contributed by atoms with Crippen molar-refractivity contribution in [1.29, 1.82) is 0 Å². The highest BCUT2D eigenvalue weighted by Gasteiger charge is 2.14. The number of halogens is 1. The summed E-state index contributed by atoms with van der Waals surface area (Å²) in [5.74, 6) is 0.912. The first-order chi connectivity index (χ1) is 14.7. The fraction of sp³-hybridized carbons (Fsp3) is 0.250. The predicted octanol–water partition coefficient (Wildman–Crippen LogP) is 5.73. The van der Waals surface area contributed by atoms with Crippen molar-refractivity contribution in [3.8, 4) is 11.3 Å². The average molecular weight is 420 g/mol. The van der Waals surface area contributed by atoms with Crippen molar-refractivity contribution in [3.05, 3.63) is 77.3 Å². The number of aromatic nitrogens is 3. The van der Waals surface area contributed by atoms with Crippen LogP contribution in [0.3, 0.4) is 0 Å². The summed E-state index contributed by atoms with van der Waals surface area (Å²) in [5.41, 5.74) is 5.18. The molecular formula is C24H26ClN5. The molecule has 0 unspecified atom stereocenters. The number of rotatable bonds is 8. The molecule has 2 N–H and O–H groups in total. The summed E-state index contributed by atoms with van der Waals surface area (Å²) in [7, 11) is 0. The van der Waals surface area contributed by atoms with E-state index in [1.54, 1.807) is 6.20 Å². The van der Waals surface area contributed by atoms with Crippen LogP contribution < -0.4 is 5.32 Å². The minimum absolute atomic E-state index is 0.597. The largest absolute Gasteiger partial charge is 0.377 e. The minimum atomic E-state index is 0.597. The number of anilines is 1. The lowest BCUT2D eigenvalue weighted by atomic mass is 10.1. The van der Waals surface area contributed by atoms with Crippen LogP contribution in [0.5, 0.6) is 0 Å². The highest BCUT2D eigenvalue weighted by molar-refractivity contribution is 6.31. The average Bonchev–Trinajstić information content (AvgIpc) is 3.19. The van der Waals surface area contributed by atoms with Crippen molar-refractivity contribution >= 4 is 28.2 Å². The van der Waals surface area contributed by atoms with Crippen molar-refractivity contribution in [2.24, 2.45) is 0 Å². The fourth-order valence-corrected chi connectivity index (χ4v) is 3.79. The Kier molecular flexibility index (Phi) is 6.31. The molecule has 0 fully saturated rings. The fourth-order valence-electron chi connectivity index (χ4n) is 3.62. The Labute approximate surface area is 182 Å². The Morgan fingerprint density at radius 2 is 1.83 bits per heavy atom. The molecule has 0 aliphatic heterocycles. The van der Waals surface area contributed by atoms with E-state index in [4.69, 9.17) is 16.6 Å². The lowest BCUT2D eigenvalue weighted by molar-refractivity contribution is 0.293. The van der Waals surface area contributed by atoms with Gasteiger partial charge in [0.15, 0.2) is 0 Å². The van der Waals surface area contributed by atoms with Crippen LogP contribution in [0.1, 0.15) is 25.4 Å². The van der Waals surface area contributed by atoms with Crippen LogP contribution in [0, 0.1) is 0 Å². The number of pyridine rings is 1. The van der Waals surface area contributed by atoms with E-state index in [1.165, 1.54) is 0 Å². The van der Waals surface area contributed by atoms with E-state index < -0.39 is 0 Å². The SMILES string of the molecule is CCN(CC)Cc1[nH]c(CNc2ccnc3cc(Cl)ccc23)nc1-c1ccccc1. The summed E-state index contributed by atoms with van der Waals surface area (Å²) >= 11 is 6.11. The summed E-state index contributed by atoms with van der Waals surface area (Å²) in [6.45, 7) is 7.82. The molecule has 5 nitrogen and oxygen atoms in total. The molecule has 0 saturated carbocycles. The molecule has 0 bridgehead atoms. The molecule has 0 aliphatic rings. The van der Waals surface area contributed by atoms with Gasteiger partial charge in [-0.25, -0.2) is 4.98 Å². The number of hydrogen-bond acceptors (Lipinski definition) is 4. The molecule has 0 amide bonds. The maximum Gasteiger partial charge on any atom is 0.126 e. The molecule has 4 aromatic rings. The Morgan fingerprint density at radius 1 is 1.03 bits per heavy atom. The number of hydrogen-bond donors (Lipinski definition) is 2. The molecule has 30 heavy (non-hydrogen) atoms. The molecule has 2 aromatic heterocycles. The first-order valence-electron chi connectivity index (χ1n) is 10.3. The second kappa shape index (κ2) is 9.28. The van der Waals surface area contributed by atoms with Crippen molar-refractivity contribution < 1.29 is 0 Å². The van der Waals surface area contributed by atoms with Gasteiger partial charge in [0.05, 0.1) is 23.4 Å². The molecule has 2 heterocycles. The number of fused-ring (bicyclic) bond motifs is 1. The number of imidazole rings is 1. The van der Waals surface area contributed by atoms with Crippen LogP contribution >= 0.6 is 11.6 Å². The summed E-state index contributed by atoms with van der Waals surface area (Å²) < 4.78 is 0. The van der Waals surface area contributed by atoms with E-state index in [-0.39, 0.29) is 0 Å². The second-order valence-electron chi connectivity index (χ2n) is 7.21. The van der Waals surface area contributed by atoms with Crippen molar-refractivity contribution in [1.82, 2.24) is 19.9 Å². The Morgan fingerprint density at radius 3 is 2.60 bits per heavy atom. The molecular weight excluding hydrogens is 394 g/mol. The molecule has 4 rings (SSSR count). The van der Waals surface area contributed by atoms with E-state index in [2.05, 4.69) is 58.3 Å². The third kappa shape index (κ3) is 4.48. The van der Waals surface area contributed by atoms with E-state index in [0.717, 1.165) is 59.0 Å². The van der Waals surface area contributed by atoms with Gasteiger partial charge in [0, 0.05) is 34.4 Å². The topological polar surface area (TPSA) is 56.8 Å². The third-order valence-electron chi connectivity index (χ3n) is 5.30. The summed E-state index contributed by atoms with van der Waals surface area (Å²) in [6.07, 6.45) is 1.80. The maximum absolute atomic E-state index is 6.11. The highest BCUT2D eigenvalue weighted by Crippen LogP contribution is 2.26. The maximum atomic E-state index is 6.11. The molecule has 6 heteroatoms. The number of nitrogens with one attached hydrogen (secondary N) is 2. The van der Waals surface area contributed by atoms with E-state index in [0.29, 0.717) is 11.6 Å². The van der Waals surface area contributed by atoms with Gasteiger partial charge in [0.2, 0.25) is 0 Å². The van der Waals surface area contributed by atoms with Crippen LogP contribution in [0.4, 0.5) is 5.69 Å². The second-order valence-corrected chi connectivity index (χ2v) is 7.65. The van der Waals surface area contributed by atoms with Gasteiger partial charge in [-0.2, -0.15) is 0 Å². The van der Waals surface area contributed by atoms with Gasteiger partial charge >= 0.3 is 0 Å². The van der Waals surface area contributed by atoms with Gasteiger partial charge in [0.1, 0.15) is 5.82 Å². The third-order valence-corrected chi connectivity index (χ3v) is 5.54. The van der Waals surface area contributed by atoms with Crippen LogP contribution in [0.25, 0.3) is 22.2 Å². The van der Waals surface area contributed by atoms with Crippen LogP contribution in [0.15, 0.2) is 60.8 Å². The van der Waals surface area contributed by atoms with E-state index in [1.807, 2.05) is 30.3 Å². The molecule has 2 aromatic carbocycles. The lowest BCUT2D eigenvalue weighted by Gasteiger charge is -2.17. The zero-order valence-electron chi connectivity index (χ0n) is 17.3. The predicted molar refractivity (Wildman–Crippen MR) is 125 cm³/mol. The van der Waals surface area contributed by atoms with Crippen LogP contribution in [-0.4, -0.2) is 32.9 Å². The standard InChI is InChI=1S/C24H26ClN5/c1-3-30(4-2)16-22-24(17-8-6-5-7-9-17)29-23(28-22)15-27-20-12-13-26-21-14-18(25)10-11-19(20)21/h5-14H,3-4,15-16H2,1-2H3,(H,26,27)(H,28,29). The summed E-state index contributed by atoms with van der Waals surface area (Å²) in [5, 5.41) is 5.23. The quantitative estimate of drug-likeness (QED) is 0.382. The normalized spacial score (nSPS) is 11.3. The van der Waals surface area contributed by atoms with Crippen LogP contribution in [-0.2, 0) is 13.1 Å². The zero-order chi connectivity index (χ0) is 20.9. The first-order valence-corrected chi connectivity index (χ1v) is 10.7. The number of aromatic amines is 1. The Hall–Kier alpha value is -2.89. The number of H-pyrrole nitrogens is 1. The molecule has 0 aliphatic carbocycles. The monoisotopic (exact) mass is 419 g/mol. The molecule has 0 atom stereocenters. The minimum Gasteiger partial charge on any atom is -0.377 e. The Balaban J connectivity index is 1.61. The zero-order valence-corrected chi connectivity index (χ0v) is 18.1. The van der Waals surface area contributed by atoms with Gasteiger partial charge in [-0.15, -0.1) is 0 Å². The first kappa shape index (κ1) is 20.4. The summed E-state index contributed by atoms with van der Waals surface area (Å²) in [6, 6.07) is 18.1. The molecule has 154 valence electrons.